The Bertz CT molecular complexity index is 5600. The van der Waals surface area contributed by atoms with E-state index in [1.54, 1.807) is 0 Å². The van der Waals surface area contributed by atoms with Crippen molar-refractivity contribution >= 4 is 0 Å². The average molecular weight is 1450 g/mol. The lowest BCUT2D eigenvalue weighted by molar-refractivity contribution is -0.685. The van der Waals surface area contributed by atoms with Gasteiger partial charge in [-0.2, -0.15) is 45.7 Å². The molecule has 15 aromatic rings. The number of hydrogen-bond donors (Lipinski definition) is 0. The predicted octanol–water partition coefficient (Wildman–Crippen LogP) is 16.4. The Morgan fingerprint density at radius 1 is 0.155 bits per heavy atom. The maximum absolute atomic E-state index is 2.30. The quantitative estimate of drug-likeness (QED) is 0.122. The van der Waals surface area contributed by atoms with Crippen LogP contribution >= 0.6 is 0 Å². The number of aryl methyl sites for hydroxylation is 15. The second kappa shape index (κ2) is 35.5. The second-order valence-electron chi connectivity index (χ2n) is 29.2. The molecule has 10 heterocycles. The van der Waals surface area contributed by atoms with Gasteiger partial charge in [-0.25, -0.2) is 0 Å². The first-order valence-electron chi connectivity index (χ1n) is 38.0. The van der Waals surface area contributed by atoms with Gasteiger partial charge < -0.3 is 0 Å². The topological polar surface area (TPSA) is 38.8 Å². The molecule has 550 valence electrons. The molecule has 0 N–H and O–H groups in total. The Hall–Kier alpha value is -12.4. The lowest BCUT2D eigenvalue weighted by atomic mass is 10.0. The van der Waals surface area contributed by atoms with E-state index in [0.29, 0.717) is 0 Å². The van der Waals surface area contributed by atoms with Crippen molar-refractivity contribution in [1.82, 2.24) is 0 Å². The van der Waals surface area contributed by atoms with E-state index in [-0.39, 0.29) is 0 Å². The fourth-order valence-electron chi connectivity index (χ4n) is 15.0. The Labute approximate surface area is 654 Å². The maximum atomic E-state index is 2.30. The highest BCUT2D eigenvalue weighted by Crippen LogP contribution is 2.30. The van der Waals surface area contributed by atoms with E-state index in [9.17, 15) is 0 Å². The molecule has 0 fully saturated rings. The van der Waals surface area contributed by atoms with Gasteiger partial charge in [-0.15, -0.1) is 0 Å². The summed E-state index contributed by atoms with van der Waals surface area (Å²) in [5.41, 5.74) is 37.8. The summed E-state index contributed by atoms with van der Waals surface area (Å²) in [4.78, 5) is 0. The van der Waals surface area contributed by atoms with Crippen molar-refractivity contribution < 1.29 is 45.7 Å². The molecule has 10 aromatic heterocycles. The van der Waals surface area contributed by atoms with Crippen LogP contribution in [0.15, 0.2) is 304 Å². The number of rotatable bonds is 10. The van der Waals surface area contributed by atoms with Crippen molar-refractivity contribution in [2.45, 2.75) is 69.2 Å². The minimum absolute atomic E-state index is 1.21. The normalized spacial score (nSPS) is 10.7. The van der Waals surface area contributed by atoms with Crippen molar-refractivity contribution in [2.75, 3.05) is 0 Å². The summed E-state index contributed by atoms with van der Waals surface area (Å²) in [5, 5.41) is 0. The summed E-state index contributed by atoms with van der Waals surface area (Å²) in [6.07, 6.45) is 10.5. The molecule has 0 amide bonds. The van der Waals surface area contributed by atoms with Crippen molar-refractivity contribution in [3.8, 4) is 113 Å². The van der Waals surface area contributed by atoms with Crippen LogP contribution in [0, 0.1) is 69.2 Å². The van der Waals surface area contributed by atoms with Gasteiger partial charge in [0.05, 0.1) is 0 Å². The molecule has 0 aliphatic rings. The van der Waals surface area contributed by atoms with Gasteiger partial charge in [0, 0.05) is 148 Å². The van der Waals surface area contributed by atoms with E-state index < -0.39 is 0 Å². The smallest absolute Gasteiger partial charge is 0.196 e. The monoisotopic (exact) mass is 1450 g/mol. The first kappa shape index (κ1) is 78.7. The van der Waals surface area contributed by atoms with Crippen LogP contribution in [0.3, 0.4) is 0 Å². The van der Waals surface area contributed by atoms with Gasteiger partial charge in [-0.05, 0) is 187 Å². The molecule has 0 saturated carbocycles. The lowest BCUT2D eigenvalue weighted by Gasteiger charge is -2.09. The lowest BCUT2D eigenvalue weighted by Crippen LogP contribution is -2.40. The summed E-state index contributed by atoms with van der Waals surface area (Å²) in [5.74, 6) is 0. The first-order chi connectivity index (χ1) is 52.9. The van der Waals surface area contributed by atoms with E-state index in [1.165, 1.54) is 169 Å². The molecule has 10 heteroatoms. The highest BCUT2D eigenvalue weighted by Gasteiger charge is 2.30. The Morgan fingerprint density at radius 3 is 0.945 bits per heavy atom. The third-order valence-electron chi connectivity index (χ3n) is 21.2. The third kappa shape index (κ3) is 17.6. The zero-order chi connectivity index (χ0) is 78.4. The Balaban J connectivity index is 0.000000136. The highest BCUT2D eigenvalue weighted by molar-refractivity contribution is 5.68. The molecule has 0 bridgehead atoms. The first-order valence-corrected chi connectivity index (χ1v) is 38.0. The van der Waals surface area contributed by atoms with Gasteiger partial charge >= 0.3 is 0 Å². The maximum Gasteiger partial charge on any atom is 0.280 e. The third-order valence-corrected chi connectivity index (χ3v) is 21.2. The second-order valence-corrected chi connectivity index (χ2v) is 29.2. The van der Waals surface area contributed by atoms with Crippen LogP contribution < -0.4 is 45.7 Å². The molecular weight excluding hydrogens is 1340 g/mol. The Morgan fingerprint density at radius 2 is 0.464 bits per heavy atom. The van der Waals surface area contributed by atoms with Gasteiger partial charge in [0.15, 0.2) is 31.0 Å². The molecular formula is C100H110N10+10. The van der Waals surface area contributed by atoms with E-state index in [2.05, 4.69) is 489 Å². The number of hydrogen-bond acceptors (Lipinski definition) is 0. The van der Waals surface area contributed by atoms with Crippen molar-refractivity contribution in [1.29, 1.82) is 0 Å². The van der Waals surface area contributed by atoms with E-state index >= 15 is 0 Å². The zero-order valence-corrected chi connectivity index (χ0v) is 68.3. The molecule has 110 heavy (non-hydrogen) atoms. The number of benzene rings is 5. The van der Waals surface area contributed by atoms with Gasteiger partial charge in [0.2, 0.25) is 28.5 Å². The van der Waals surface area contributed by atoms with Crippen molar-refractivity contribution in [3.63, 3.8) is 0 Å². The highest BCUT2D eigenvalue weighted by atomic mass is 15.0. The van der Waals surface area contributed by atoms with Gasteiger partial charge in [0.1, 0.15) is 70.5 Å². The predicted molar refractivity (Wildman–Crippen MR) is 446 cm³/mol. The SMILES string of the molecule is Cc1cc(-c2ccccc2C)[n+](C)c(-c2cccc[n+]2C)c1.Cc1cc[n+](C)c(-c2cccc(-c3ccccc3C)[n+]2C)c1.Cc1ccccc1-c1c(C)ccc(-c2cccc[n+]2C)[n+]1C.Cc1ccccc1-c1ccc(C)c(-c2cccc[n+]2C)[n+]1C.Cc1ccccc1-c1cccc(-c2c(C)ccc[n+]2C)[n+]1C. The molecule has 0 unspecified atom stereocenters. The minimum Gasteiger partial charge on any atom is -0.196 e. The molecule has 0 aliphatic carbocycles. The van der Waals surface area contributed by atoms with Crippen molar-refractivity contribution in [2.24, 2.45) is 70.5 Å². The van der Waals surface area contributed by atoms with Crippen LogP contribution in [-0.2, 0) is 70.5 Å². The van der Waals surface area contributed by atoms with Crippen LogP contribution in [0.2, 0.25) is 0 Å². The number of pyridine rings is 10. The molecule has 10 nitrogen and oxygen atoms in total. The summed E-state index contributed by atoms with van der Waals surface area (Å²) in [7, 11) is 21.2. The minimum atomic E-state index is 1.21. The molecule has 0 saturated heterocycles. The van der Waals surface area contributed by atoms with Crippen LogP contribution in [0.5, 0.6) is 0 Å². The molecule has 5 aromatic carbocycles. The number of nitrogens with zero attached hydrogens (tertiary/aromatic N) is 10. The van der Waals surface area contributed by atoms with Crippen LogP contribution in [0.1, 0.15) is 55.6 Å². The summed E-state index contributed by atoms with van der Waals surface area (Å²) >= 11 is 0. The van der Waals surface area contributed by atoms with E-state index in [0.717, 1.165) is 0 Å². The fourth-order valence-corrected chi connectivity index (χ4v) is 15.0. The van der Waals surface area contributed by atoms with Gasteiger partial charge in [-0.3, -0.25) is 0 Å². The van der Waals surface area contributed by atoms with Crippen LogP contribution in [0.4, 0.5) is 0 Å². The summed E-state index contributed by atoms with van der Waals surface area (Å²) < 4.78 is 22.3. The van der Waals surface area contributed by atoms with E-state index in [4.69, 9.17) is 0 Å². The molecule has 0 aliphatic heterocycles. The number of aromatic nitrogens is 10. The molecule has 15 rings (SSSR count). The van der Waals surface area contributed by atoms with Gasteiger partial charge in [0.25, 0.3) is 56.9 Å². The summed E-state index contributed by atoms with van der Waals surface area (Å²) in [6, 6.07) is 96.6. The van der Waals surface area contributed by atoms with E-state index in [1.807, 2.05) is 0 Å². The standard InChI is InChI=1S/5C20H22N2/c1-15-9-5-6-11-17(15)18-12-7-13-19(22(18)4)20-16(2)10-8-14-21(20)3;1-15-9-5-6-10-17(15)18-13-12-16(2)20(22(18)4)19-11-7-8-14-21(19)3;1-15-9-5-6-10-17(15)20-16(2)12-13-19(22(20)4)18-11-7-8-14-21(18)3;1-15-13-19(17-10-6-5-9-16(17)2)22(4)20(14-15)18-11-7-8-12-21(18)3;1-15-12-13-21(3)20(14-15)19-11-7-10-18(22(19)4)17-9-6-5-8-16(17)2/h5*5-14H,1-4H3/q5*+2. The average Bonchev–Trinajstić information content (AvgIpc) is 0.812. The Kier molecular flexibility index (Phi) is 25.4. The summed E-state index contributed by atoms with van der Waals surface area (Å²) in [6.45, 7) is 21.6. The van der Waals surface area contributed by atoms with Crippen LogP contribution in [0.25, 0.3) is 113 Å². The zero-order valence-electron chi connectivity index (χ0n) is 68.3. The fraction of sp³-hybridized carbons (Fsp3) is 0.200. The molecule has 0 radical (unpaired) electrons. The van der Waals surface area contributed by atoms with Crippen LogP contribution in [-0.4, -0.2) is 0 Å². The largest absolute Gasteiger partial charge is 0.280 e. The molecule has 0 atom stereocenters. The van der Waals surface area contributed by atoms with Crippen molar-refractivity contribution in [3.05, 3.63) is 360 Å². The van der Waals surface area contributed by atoms with Gasteiger partial charge in [-0.1, -0.05) is 91.0 Å². The molecule has 0 spiro atoms.